The van der Waals surface area contributed by atoms with E-state index >= 15 is 0 Å². The summed E-state index contributed by atoms with van der Waals surface area (Å²) in [5.74, 6) is 2.52. The van der Waals surface area contributed by atoms with E-state index in [9.17, 15) is 0 Å². The average molecular weight is 471 g/mol. The van der Waals surface area contributed by atoms with Crippen LogP contribution in [0.25, 0.3) is 0 Å². The lowest BCUT2D eigenvalue weighted by molar-refractivity contribution is 0.384. The average Bonchev–Trinajstić information content (AvgIpc) is 2.98. The summed E-state index contributed by atoms with van der Waals surface area (Å²) in [7, 11) is -0.682. The molecular weight excluding hydrogens is 429 g/mol. The highest BCUT2D eigenvalue weighted by molar-refractivity contribution is 7.76. The van der Waals surface area contributed by atoms with Gasteiger partial charge in [-0.3, -0.25) is 0 Å². The maximum Gasteiger partial charge on any atom is 0.102 e. The van der Waals surface area contributed by atoms with E-state index in [1.807, 2.05) is 0 Å². The number of nitrogens with zero attached hydrogens (tertiary/aromatic N) is 1. The number of rotatable bonds is 6. The fraction of sp³-hybridized carbons (Fsp3) is 0.406. The van der Waals surface area contributed by atoms with Gasteiger partial charge in [-0.2, -0.15) is 0 Å². The van der Waals surface area contributed by atoms with Crippen LogP contribution >= 0.6 is 7.92 Å². The van der Waals surface area contributed by atoms with Crippen molar-refractivity contribution in [1.82, 2.24) is 0 Å². The maximum absolute atomic E-state index is 2.80. The van der Waals surface area contributed by atoms with Crippen molar-refractivity contribution in [2.75, 3.05) is 4.90 Å². The van der Waals surface area contributed by atoms with Crippen LogP contribution in [0.2, 0.25) is 0 Å². The molecule has 0 saturated carbocycles. The van der Waals surface area contributed by atoms with Crippen molar-refractivity contribution in [3.05, 3.63) is 95.8 Å². The first-order valence-corrected chi connectivity index (χ1v) is 14.1. The van der Waals surface area contributed by atoms with Crippen molar-refractivity contribution in [2.24, 2.45) is 5.41 Å². The molecule has 3 aromatic rings. The minimum atomic E-state index is -0.682. The Morgan fingerprint density at radius 2 is 1.09 bits per heavy atom. The largest absolute Gasteiger partial charge is 0.352 e. The normalized spacial score (nSPS) is 17.8. The third-order valence-corrected chi connectivity index (χ3v) is 9.96. The Morgan fingerprint density at radius 3 is 1.50 bits per heavy atom. The van der Waals surface area contributed by atoms with Crippen LogP contribution in [0.4, 0.5) is 5.69 Å². The van der Waals surface area contributed by atoms with E-state index < -0.39 is 7.92 Å². The van der Waals surface area contributed by atoms with E-state index in [1.54, 1.807) is 5.78 Å². The Hall–Kier alpha value is -2.11. The van der Waals surface area contributed by atoms with Crippen LogP contribution in [0.3, 0.4) is 0 Å². The molecule has 34 heavy (non-hydrogen) atoms. The molecule has 4 rings (SSSR count). The Balaban J connectivity index is 2.03. The van der Waals surface area contributed by atoms with Gasteiger partial charge in [-0.1, -0.05) is 120 Å². The Labute approximate surface area is 209 Å². The molecule has 0 aromatic heterocycles. The lowest BCUT2D eigenvalue weighted by atomic mass is 9.85. The molecule has 0 aliphatic carbocycles. The number of hydrogen-bond donors (Lipinski definition) is 0. The molecule has 0 N–H and O–H groups in total. The molecule has 0 bridgehead atoms. The third kappa shape index (κ3) is 4.57. The minimum Gasteiger partial charge on any atom is -0.352 e. The van der Waals surface area contributed by atoms with Gasteiger partial charge in [0.2, 0.25) is 0 Å². The van der Waals surface area contributed by atoms with Gasteiger partial charge in [0, 0.05) is 11.2 Å². The van der Waals surface area contributed by atoms with E-state index in [2.05, 4.69) is 139 Å². The number of para-hydroxylation sites is 1. The van der Waals surface area contributed by atoms with Crippen LogP contribution in [0.15, 0.2) is 78.9 Å². The topological polar surface area (TPSA) is 3.24 Å². The second-order valence-electron chi connectivity index (χ2n) is 11.6. The summed E-state index contributed by atoms with van der Waals surface area (Å²) in [6, 6.07) is 29.4. The number of hydrogen-bond acceptors (Lipinski definition) is 1. The summed E-state index contributed by atoms with van der Waals surface area (Å²) in [4.78, 5) is 2.80. The van der Waals surface area contributed by atoms with Gasteiger partial charge in [0.1, 0.15) is 5.78 Å². The first-order valence-electron chi connectivity index (χ1n) is 12.8. The predicted molar refractivity (Wildman–Crippen MR) is 152 cm³/mol. The van der Waals surface area contributed by atoms with Crippen molar-refractivity contribution in [1.29, 1.82) is 0 Å². The zero-order valence-electron chi connectivity index (χ0n) is 22.3. The van der Waals surface area contributed by atoms with Gasteiger partial charge in [-0.05, 0) is 67.2 Å². The van der Waals surface area contributed by atoms with Crippen LogP contribution in [0.1, 0.15) is 84.8 Å². The van der Waals surface area contributed by atoms with Crippen LogP contribution < -0.4 is 15.5 Å². The highest BCUT2D eigenvalue weighted by atomic mass is 31.1. The van der Waals surface area contributed by atoms with Crippen molar-refractivity contribution in [2.45, 2.75) is 79.2 Å². The molecule has 0 spiro atoms. The minimum absolute atomic E-state index is 0.0254. The van der Waals surface area contributed by atoms with Crippen molar-refractivity contribution in [3.63, 3.8) is 0 Å². The highest BCUT2D eigenvalue weighted by Gasteiger charge is 2.56. The standard InChI is InChI=1S/C32H41NP/c1-23(2)27-20-15-21-28(24(3)4)29(27)33-30(31(5,6)22-32(33,7)8)34(25-16-11-9-12-17-25)26-18-13-10-14-19-26/h9-21,23-24H,22H2,1-8H3. The van der Waals surface area contributed by atoms with E-state index in [4.69, 9.17) is 0 Å². The van der Waals surface area contributed by atoms with E-state index in [0.717, 1.165) is 6.42 Å². The Morgan fingerprint density at radius 1 is 0.647 bits per heavy atom. The van der Waals surface area contributed by atoms with Gasteiger partial charge in [0.05, 0.1) is 0 Å². The molecule has 0 atom stereocenters. The smallest absolute Gasteiger partial charge is 0.102 e. The molecule has 1 aliphatic heterocycles. The Kier molecular flexibility index (Phi) is 6.99. The summed E-state index contributed by atoms with van der Waals surface area (Å²) in [5.41, 5.74) is 4.49. The fourth-order valence-electron chi connectivity index (χ4n) is 5.96. The van der Waals surface area contributed by atoms with E-state index in [0.29, 0.717) is 11.8 Å². The zero-order valence-corrected chi connectivity index (χ0v) is 23.2. The molecule has 179 valence electrons. The summed E-state index contributed by atoms with van der Waals surface area (Å²) >= 11 is 0. The van der Waals surface area contributed by atoms with Crippen molar-refractivity contribution < 1.29 is 0 Å². The van der Waals surface area contributed by atoms with E-state index in [1.165, 1.54) is 27.4 Å². The molecule has 1 saturated heterocycles. The van der Waals surface area contributed by atoms with Gasteiger partial charge < -0.3 is 4.90 Å². The molecule has 2 heteroatoms. The molecule has 3 aromatic carbocycles. The predicted octanol–water partition coefficient (Wildman–Crippen LogP) is 8.57. The van der Waals surface area contributed by atoms with Gasteiger partial charge in [-0.15, -0.1) is 0 Å². The fourth-order valence-corrected chi connectivity index (χ4v) is 8.94. The summed E-state index contributed by atoms with van der Waals surface area (Å²) in [6.07, 6.45) is 1.14. The summed E-state index contributed by atoms with van der Waals surface area (Å²) in [6.45, 7) is 19.2. The molecule has 1 fully saturated rings. The van der Waals surface area contributed by atoms with Crippen molar-refractivity contribution >= 4 is 24.2 Å². The number of anilines is 1. The van der Waals surface area contributed by atoms with Gasteiger partial charge in [0.15, 0.2) is 0 Å². The van der Waals surface area contributed by atoms with Crippen LogP contribution in [-0.2, 0) is 0 Å². The first kappa shape index (κ1) is 25.0. The highest BCUT2D eigenvalue weighted by Crippen LogP contribution is 2.66. The zero-order chi connectivity index (χ0) is 24.7. The van der Waals surface area contributed by atoms with Gasteiger partial charge >= 0.3 is 0 Å². The van der Waals surface area contributed by atoms with Gasteiger partial charge in [0.25, 0.3) is 0 Å². The monoisotopic (exact) mass is 470 g/mol. The lowest BCUT2D eigenvalue weighted by Gasteiger charge is -2.45. The Bertz CT molecular complexity index is 1030. The second kappa shape index (κ2) is 9.50. The summed E-state index contributed by atoms with van der Waals surface area (Å²) < 4.78 is 0. The molecule has 1 aliphatic rings. The molecule has 1 heterocycles. The van der Waals surface area contributed by atoms with Crippen LogP contribution in [-0.4, -0.2) is 5.54 Å². The van der Waals surface area contributed by atoms with Crippen molar-refractivity contribution in [3.8, 4) is 0 Å². The molecular formula is C32H41NP. The van der Waals surface area contributed by atoms with E-state index in [-0.39, 0.29) is 11.0 Å². The molecule has 1 radical (unpaired) electrons. The second-order valence-corrected chi connectivity index (χ2v) is 13.8. The molecule has 0 amide bonds. The molecule has 0 unspecified atom stereocenters. The molecule has 1 nitrogen and oxygen atoms in total. The SMILES string of the molecule is CC(C)c1cccc(C(C)C)c1N1[C](P(c2ccccc2)c2ccccc2)C(C)(C)CC1(C)C. The van der Waals surface area contributed by atoms with Crippen LogP contribution in [0.5, 0.6) is 0 Å². The van der Waals surface area contributed by atoms with Gasteiger partial charge in [-0.25, -0.2) is 0 Å². The summed E-state index contributed by atoms with van der Waals surface area (Å²) in [5, 5.41) is 2.87. The lowest BCUT2D eigenvalue weighted by Crippen LogP contribution is -2.43. The van der Waals surface area contributed by atoms with Crippen LogP contribution in [0, 0.1) is 11.2 Å². The number of benzene rings is 3. The maximum atomic E-state index is 2.80. The first-order chi connectivity index (χ1) is 16.0. The quantitative estimate of drug-likeness (QED) is 0.326. The third-order valence-electron chi connectivity index (χ3n) is 7.10.